The fourth-order valence-electron chi connectivity index (χ4n) is 3.31. The second-order valence-electron chi connectivity index (χ2n) is 6.42. The monoisotopic (exact) mass is 358 g/mol. The lowest BCUT2D eigenvalue weighted by Crippen LogP contribution is -2.41. The molecule has 7 nitrogen and oxygen atoms in total. The average Bonchev–Trinajstić information content (AvgIpc) is 3.19. The first-order chi connectivity index (χ1) is 12.0. The Hall–Kier alpha value is -2.45. The molecule has 130 valence electrons. The van der Waals surface area contributed by atoms with Crippen molar-refractivity contribution in [2.75, 3.05) is 0 Å². The first-order valence-electron chi connectivity index (χ1n) is 8.12. The minimum atomic E-state index is -0.283. The predicted octanol–water partition coefficient (Wildman–Crippen LogP) is 1.63. The molecule has 0 spiro atoms. The van der Waals surface area contributed by atoms with Crippen LogP contribution < -0.4 is 10.9 Å². The highest BCUT2D eigenvalue weighted by Gasteiger charge is 2.36. The minimum absolute atomic E-state index is 0.130. The molecule has 1 aliphatic carbocycles. The highest BCUT2D eigenvalue weighted by Crippen LogP contribution is 2.39. The van der Waals surface area contributed by atoms with Gasteiger partial charge in [-0.15, -0.1) is 11.3 Å². The topological polar surface area (TPSA) is 99.5 Å². The van der Waals surface area contributed by atoms with Crippen LogP contribution >= 0.6 is 11.3 Å². The third-order valence-corrected chi connectivity index (χ3v) is 5.72. The van der Waals surface area contributed by atoms with E-state index in [1.165, 1.54) is 16.8 Å². The number of H-pyrrole nitrogens is 1. The van der Waals surface area contributed by atoms with E-state index in [-0.39, 0.29) is 29.5 Å². The Bertz CT molecular complexity index is 970. The van der Waals surface area contributed by atoms with Gasteiger partial charge in [-0.1, -0.05) is 6.07 Å². The zero-order chi connectivity index (χ0) is 17.6. The summed E-state index contributed by atoms with van der Waals surface area (Å²) >= 11 is 1.59. The maximum absolute atomic E-state index is 12.8. The van der Waals surface area contributed by atoms with Crippen LogP contribution in [0.15, 0.2) is 34.6 Å². The molecule has 25 heavy (non-hydrogen) atoms. The fourth-order valence-corrected chi connectivity index (χ4v) is 4.18. The number of nitrogens with one attached hydrogen (secondary N) is 2. The van der Waals surface area contributed by atoms with Crippen LogP contribution in [0.3, 0.4) is 0 Å². The summed E-state index contributed by atoms with van der Waals surface area (Å²) in [5.74, 6) is -0.0118. The lowest BCUT2D eigenvalue weighted by atomic mass is 9.76. The van der Waals surface area contributed by atoms with Crippen LogP contribution in [0.4, 0.5) is 0 Å². The van der Waals surface area contributed by atoms with Crippen LogP contribution in [0.25, 0.3) is 5.65 Å². The van der Waals surface area contributed by atoms with E-state index in [2.05, 4.69) is 15.4 Å². The second kappa shape index (κ2) is 6.12. The molecule has 0 aromatic carbocycles. The number of amides is 1. The lowest BCUT2D eigenvalue weighted by Gasteiger charge is -2.37. The number of thiophene rings is 1. The number of aliphatic hydroxyl groups excluding tert-OH is 1. The maximum Gasteiger partial charge on any atom is 0.266 e. The highest BCUT2D eigenvalue weighted by atomic mass is 32.1. The number of carbonyl (C=O) groups is 1. The number of aryl methyl sites for hydroxylation is 1. The summed E-state index contributed by atoms with van der Waals surface area (Å²) in [6, 6.07) is 5.21. The highest BCUT2D eigenvalue weighted by molar-refractivity contribution is 7.10. The van der Waals surface area contributed by atoms with Crippen molar-refractivity contribution in [1.82, 2.24) is 19.9 Å². The predicted molar refractivity (Wildman–Crippen MR) is 93.8 cm³/mol. The van der Waals surface area contributed by atoms with Gasteiger partial charge in [-0.2, -0.15) is 0 Å². The average molecular weight is 358 g/mol. The van der Waals surface area contributed by atoms with Crippen molar-refractivity contribution in [2.45, 2.75) is 31.9 Å². The van der Waals surface area contributed by atoms with Gasteiger partial charge in [0.25, 0.3) is 11.5 Å². The smallest absolute Gasteiger partial charge is 0.266 e. The maximum atomic E-state index is 12.8. The summed E-state index contributed by atoms with van der Waals surface area (Å²) in [6.07, 6.45) is 2.58. The minimum Gasteiger partial charge on any atom is -0.393 e. The Kier molecular flexibility index (Phi) is 3.93. The van der Waals surface area contributed by atoms with E-state index in [1.54, 1.807) is 18.3 Å². The molecule has 0 unspecified atom stereocenters. The van der Waals surface area contributed by atoms with E-state index in [0.29, 0.717) is 29.7 Å². The molecule has 1 fully saturated rings. The molecule has 0 aliphatic heterocycles. The molecule has 1 amide bonds. The molecule has 3 aromatic heterocycles. The van der Waals surface area contributed by atoms with Gasteiger partial charge >= 0.3 is 0 Å². The molecule has 3 aromatic rings. The molecule has 1 saturated carbocycles. The number of aliphatic hydroxyl groups is 1. The largest absolute Gasteiger partial charge is 0.393 e. The zero-order valence-electron chi connectivity index (χ0n) is 13.6. The Balaban J connectivity index is 1.63. The van der Waals surface area contributed by atoms with E-state index in [0.717, 1.165) is 4.88 Å². The third-order valence-electron chi connectivity index (χ3n) is 4.76. The number of fused-ring (bicyclic) bond motifs is 1. The summed E-state index contributed by atoms with van der Waals surface area (Å²) in [5, 5.41) is 17.3. The Morgan fingerprint density at radius 2 is 2.32 bits per heavy atom. The van der Waals surface area contributed by atoms with Crippen molar-refractivity contribution >= 4 is 22.9 Å². The third kappa shape index (κ3) is 2.87. The van der Waals surface area contributed by atoms with E-state index >= 15 is 0 Å². The van der Waals surface area contributed by atoms with Gasteiger partial charge in [0.2, 0.25) is 0 Å². The van der Waals surface area contributed by atoms with Gasteiger partial charge in [0.15, 0.2) is 5.65 Å². The first kappa shape index (κ1) is 16.0. The summed E-state index contributed by atoms with van der Waals surface area (Å²) < 4.78 is 1.52. The standard InChI is InChI=1S/C17H18N4O3S/c1-9-12(8-18-14-7-15(23)20-21(9)14)17(24)19-16(10-5-11(22)6-10)13-3-2-4-25-13/h2-4,7-8,10-11,16,22H,5-6H2,1H3,(H,19,24)(H,20,23)/t10?,11?,16-/m0/s1. The van der Waals surface area contributed by atoms with E-state index < -0.39 is 0 Å². The van der Waals surface area contributed by atoms with Gasteiger partial charge in [0.1, 0.15) is 0 Å². The van der Waals surface area contributed by atoms with Crippen molar-refractivity contribution in [3.05, 3.63) is 56.3 Å². The molecule has 1 aliphatic rings. The van der Waals surface area contributed by atoms with Crippen LogP contribution in [-0.4, -0.2) is 31.7 Å². The van der Waals surface area contributed by atoms with Crippen LogP contribution in [0.1, 0.15) is 39.8 Å². The second-order valence-corrected chi connectivity index (χ2v) is 7.40. The van der Waals surface area contributed by atoms with Crippen LogP contribution in [0.5, 0.6) is 0 Å². The van der Waals surface area contributed by atoms with Crippen molar-refractivity contribution < 1.29 is 9.90 Å². The van der Waals surface area contributed by atoms with Gasteiger partial charge < -0.3 is 10.4 Å². The quantitative estimate of drug-likeness (QED) is 0.660. The molecule has 1 atom stereocenters. The summed E-state index contributed by atoms with van der Waals surface area (Å²) in [5.41, 5.74) is 1.27. The first-order valence-corrected chi connectivity index (χ1v) is 9.00. The lowest BCUT2D eigenvalue weighted by molar-refractivity contribution is 0.0241. The van der Waals surface area contributed by atoms with Gasteiger partial charge in [-0.05, 0) is 37.1 Å². The van der Waals surface area contributed by atoms with E-state index in [9.17, 15) is 14.7 Å². The Morgan fingerprint density at radius 3 is 3.00 bits per heavy atom. The normalized spacial score (nSPS) is 21.0. The van der Waals surface area contributed by atoms with E-state index in [4.69, 9.17) is 0 Å². The number of hydrogen-bond donors (Lipinski definition) is 3. The molecule has 3 heterocycles. The molecule has 0 bridgehead atoms. The van der Waals surface area contributed by atoms with Gasteiger partial charge in [0, 0.05) is 17.1 Å². The summed E-state index contributed by atoms with van der Waals surface area (Å²) in [4.78, 5) is 29.6. The molecule has 4 rings (SSSR count). The molecular formula is C17H18N4O3S. The van der Waals surface area contributed by atoms with Crippen LogP contribution in [0.2, 0.25) is 0 Å². The number of hydrogen-bond acceptors (Lipinski definition) is 5. The van der Waals surface area contributed by atoms with Crippen LogP contribution in [0, 0.1) is 12.8 Å². The Morgan fingerprint density at radius 1 is 1.52 bits per heavy atom. The number of carbonyl (C=O) groups excluding carboxylic acids is 1. The molecule has 8 heteroatoms. The SMILES string of the molecule is Cc1c(C(=O)N[C@H](c2cccs2)C2CC(O)C2)cnc2cc(=O)[nH]n12. The van der Waals surface area contributed by atoms with Crippen LogP contribution in [-0.2, 0) is 0 Å². The van der Waals surface area contributed by atoms with Crippen molar-refractivity contribution in [3.63, 3.8) is 0 Å². The Labute approximate surface area is 147 Å². The number of nitrogens with zero attached hydrogens (tertiary/aromatic N) is 2. The van der Waals surface area contributed by atoms with Gasteiger partial charge in [0.05, 0.1) is 23.4 Å². The molecule has 3 N–H and O–H groups in total. The van der Waals surface area contributed by atoms with Crippen molar-refractivity contribution in [1.29, 1.82) is 0 Å². The molecular weight excluding hydrogens is 340 g/mol. The summed E-state index contributed by atoms with van der Waals surface area (Å²) in [6.45, 7) is 1.77. The molecule has 0 radical (unpaired) electrons. The van der Waals surface area contributed by atoms with Crippen molar-refractivity contribution in [2.24, 2.45) is 5.92 Å². The van der Waals surface area contributed by atoms with Gasteiger partial charge in [-0.3, -0.25) is 14.7 Å². The fraction of sp³-hybridized carbons (Fsp3) is 0.353. The summed E-state index contributed by atoms with van der Waals surface area (Å²) in [7, 11) is 0. The number of aromatic amines is 1. The molecule has 0 saturated heterocycles. The van der Waals surface area contributed by atoms with Gasteiger partial charge in [-0.25, -0.2) is 9.50 Å². The zero-order valence-corrected chi connectivity index (χ0v) is 14.4. The number of aromatic nitrogens is 3. The number of rotatable bonds is 4. The van der Waals surface area contributed by atoms with Crippen molar-refractivity contribution in [3.8, 4) is 0 Å². The van der Waals surface area contributed by atoms with E-state index in [1.807, 2.05) is 17.5 Å².